The lowest BCUT2D eigenvalue weighted by atomic mass is 10.2. The summed E-state index contributed by atoms with van der Waals surface area (Å²) < 4.78 is 17.8. The lowest BCUT2D eigenvalue weighted by Gasteiger charge is -2.21. The highest BCUT2D eigenvalue weighted by atomic mass is 19.1. The SMILES string of the molecule is CCN(Cc1cc(C(=O)O)no1)c1ccc(F)cc1. The maximum Gasteiger partial charge on any atom is 0.358 e. The smallest absolute Gasteiger partial charge is 0.358 e. The van der Waals surface area contributed by atoms with Gasteiger partial charge in [0.25, 0.3) is 0 Å². The minimum Gasteiger partial charge on any atom is -0.476 e. The Morgan fingerprint density at radius 2 is 2.11 bits per heavy atom. The molecule has 0 fully saturated rings. The van der Waals surface area contributed by atoms with Gasteiger partial charge in [0.05, 0.1) is 6.54 Å². The van der Waals surface area contributed by atoms with Gasteiger partial charge in [-0.1, -0.05) is 5.16 Å². The van der Waals surface area contributed by atoms with Gasteiger partial charge in [-0.05, 0) is 31.2 Å². The fourth-order valence-corrected chi connectivity index (χ4v) is 1.71. The molecule has 0 bridgehead atoms. The molecule has 0 radical (unpaired) electrons. The number of rotatable bonds is 5. The molecule has 0 aliphatic carbocycles. The number of benzene rings is 1. The first-order valence-electron chi connectivity index (χ1n) is 5.79. The zero-order chi connectivity index (χ0) is 13.8. The van der Waals surface area contributed by atoms with Gasteiger partial charge < -0.3 is 14.5 Å². The van der Waals surface area contributed by atoms with Crippen LogP contribution in [0.2, 0.25) is 0 Å². The van der Waals surface area contributed by atoms with Crippen molar-refractivity contribution in [1.29, 1.82) is 0 Å². The van der Waals surface area contributed by atoms with E-state index in [4.69, 9.17) is 9.63 Å². The van der Waals surface area contributed by atoms with E-state index in [1.165, 1.54) is 18.2 Å². The van der Waals surface area contributed by atoms with Gasteiger partial charge in [-0.2, -0.15) is 0 Å². The van der Waals surface area contributed by atoms with Gasteiger partial charge in [-0.25, -0.2) is 9.18 Å². The van der Waals surface area contributed by atoms with Gasteiger partial charge in [-0.3, -0.25) is 0 Å². The first kappa shape index (κ1) is 13.1. The first-order chi connectivity index (χ1) is 9.10. The average Bonchev–Trinajstić information content (AvgIpc) is 2.86. The number of anilines is 1. The van der Waals surface area contributed by atoms with Crippen molar-refractivity contribution in [2.75, 3.05) is 11.4 Å². The van der Waals surface area contributed by atoms with E-state index in [0.29, 0.717) is 18.8 Å². The van der Waals surface area contributed by atoms with Crippen molar-refractivity contribution < 1.29 is 18.8 Å². The second-order valence-corrected chi connectivity index (χ2v) is 3.97. The highest BCUT2D eigenvalue weighted by Gasteiger charge is 2.13. The van der Waals surface area contributed by atoms with Crippen LogP contribution in [0.25, 0.3) is 0 Å². The Labute approximate surface area is 109 Å². The summed E-state index contributed by atoms with van der Waals surface area (Å²) >= 11 is 0. The number of carboxylic acids is 1. The largest absolute Gasteiger partial charge is 0.476 e. The number of carboxylic acid groups (broad SMARTS) is 1. The maximum atomic E-state index is 12.9. The molecule has 1 N–H and O–H groups in total. The molecule has 0 saturated heterocycles. The number of aromatic nitrogens is 1. The second-order valence-electron chi connectivity index (χ2n) is 3.97. The Hall–Kier alpha value is -2.37. The van der Waals surface area contributed by atoms with Crippen LogP contribution in [0.3, 0.4) is 0 Å². The van der Waals surface area contributed by atoms with Gasteiger partial charge in [0.1, 0.15) is 5.82 Å². The predicted octanol–water partition coefficient (Wildman–Crippen LogP) is 2.54. The van der Waals surface area contributed by atoms with E-state index in [-0.39, 0.29) is 11.5 Å². The van der Waals surface area contributed by atoms with Crippen LogP contribution in [0.4, 0.5) is 10.1 Å². The van der Waals surface area contributed by atoms with Crippen LogP contribution in [0.1, 0.15) is 23.2 Å². The van der Waals surface area contributed by atoms with E-state index in [1.54, 1.807) is 12.1 Å². The van der Waals surface area contributed by atoms with Crippen LogP contribution in [-0.2, 0) is 6.54 Å². The molecule has 1 aromatic carbocycles. The zero-order valence-electron chi connectivity index (χ0n) is 10.3. The van der Waals surface area contributed by atoms with Gasteiger partial charge in [0.2, 0.25) is 0 Å². The van der Waals surface area contributed by atoms with Crippen LogP contribution >= 0.6 is 0 Å². The predicted molar refractivity (Wildman–Crippen MR) is 66.6 cm³/mol. The number of hydrogen-bond donors (Lipinski definition) is 1. The molecule has 0 aliphatic rings. The molecule has 0 amide bonds. The van der Waals surface area contributed by atoms with Crippen molar-refractivity contribution in [3.8, 4) is 0 Å². The number of carbonyl (C=O) groups is 1. The minimum atomic E-state index is -1.13. The van der Waals surface area contributed by atoms with Crippen molar-refractivity contribution in [3.63, 3.8) is 0 Å². The fraction of sp³-hybridized carbons (Fsp3) is 0.231. The van der Waals surface area contributed by atoms with E-state index in [1.807, 2.05) is 11.8 Å². The van der Waals surface area contributed by atoms with E-state index in [0.717, 1.165) is 5.69 Å². The third-order valence-corrected chi connectivity index (χ3v) is 2.70. The highest BCUT2D eigenvalue weighted by molar-refractivity contribution is 5.85. The summed E-state index contributed by atoms with van der Waals surface area (Å²) in [6.07, 6.45) is 0. The molecule has 0 spiro atoms. The maximum absolute atomic E-state index is 12.9. The molecule has 0 unspecified atom stereocenters. The van der Waals surface area contributed by atoms with Crippen molar-refractivity contribution in [2.45, 2.75) is 13.5 Å². The van der Waals surface area contributed by atoms with Crippen molar-refractivity contribution in [1.82, 2.24) is 5.16 Å². The number of halogens is 1. The lowest BCUT2D eigenvalue weighted by molar-refractivity contribution is 0.0685. The summed E-state index contributed by atoms with van der Waals surface area (Å²) in [5, 5.41) is 12.2. The van der Waals surface area contributed by atoms with Gasteiger partial charge >= 0.3 is 5.97 Å². The van der Waals surface area contributed by atoms with Crippen molar-refractivity contribution in [2.24, 2.45) is 0 Å². The summed E-state index contributed by atoms with van der Waals surface area (Å²) in [6, 6.07) is 7.46. The molecule has 19 heavy (non-hydrogen) atoms. The second kappa shape index (κ2) is 5.51. The van der Waals surface area contributed by atoms with E-state index in [9.17, 15) is 9.18 Å². The average molecular weight is 264 g/mol. The molecule has 1 heterocycles. The Morgan fingerprint density at radius 1 is 1.42 bits per heavy atom. The standard InChI is InChI=1S/C13H13FN2O3/c1-2-16(10-5-3-9(14)4-6-10)8-11-7-12(13(17)18)15-19-11/h3-7H,2,8H2,1H3,(H,17,18). The Bertz CT molecular complexity index is 566. The van der Waals surface area contributed by atoms with Gasteiger partial charge in [-0.15, -0.1) is 0 Å². The van der Waals surface area contributed by atoms with Crippen LogP contribution in [0.5, 0.6) is 0 Å². The van der Waals surface area contributed by atoms with Crippen LogP contribution < -0.4 is 4.90 Å². The molecular formula is C13H13FN2O3. The summed E-state index contributed by atoms with van der Waals surface area (Å²) in [7, 11) is 0. The monoisotopic (exact) mass is 264 g/mol. The topological polar surface area (TPSA) is 66.6 Å². The minimum absolute atomic E-state index is 0.120. The lowest BCUT2D eigenvalue weighted by Crippen LogP contribution is -2.21. The fourth-order valence-electron chi connectivity index (χ4n) is 1.71. The summed E-state index contributed by atoms with van der Waals surface area (Å²) in [5.74, 6) is -0.976. The van der Waals surface area contributed by atoms with Crippen LogP contribution in [0, 0.1) is 5.82 Å². The molecule has 100 valence electrons. The molecule has 1 aromatic heterocycles. The number of hydrogen-bond acceptors (Lipinski definition) is 4. The zero-order valence-corrected chi connectivity index (χ0v) is 10.3. The molecule has 0 aliphatic heterocycles. The molecule has 2 rings (SSSR count). The quantitative estimate of drug-likeness (QED) is 0.898. The normalized spacial score (nSPS) is 10.4. The summed E-state index contributed by atoms with van der Waals surface area (Å²) in [4.78, 5) is 12.6. The molecule has 0 atom stereocenters. The van der Waals surface area contributed by atoms with Crippen molar-refractivity contribution in [3.05, 3.63) is 47.6 Å². The molecule has 6 heteroatoms. The molecule has 0 saturated carbocycles. The number of aromatic carboxylic acids is 1. The molecule has 5 nitrogen and oxygen atoms in total. The first-order valence-corrected chi connectivity index (χ1v) is 5.79. The summed E-state index contributed by atoms with van der Waals surface area (Å²) in [5.41, 5.74) is 0.710. The third kappa shape index (κ3) is 3.09. The van der Waals surface area contributed by atoms with Crippen LogP contribution in [-0.4, -0.2) is 22.8 Å². The van der Waals surface area contributed by atoms with E-state index >= 15 is 0 Å². The molecular weight excluding hydrogens is 251 g/mol. The van der Waals surface area contributed by atoms with Gasteiger partial charge in [0.15, 0.2) is 11.5 Å². The third-order valence-electron chi connectivity index (χ3n) is 2.70. The van der Waals surface area contributed by atoms with E-state index < -0.39 is 5.97 Å². The Kier molecular flexibility index (Phi) is 3.79. The van der Waals surface area contributed by atoms with Crippen molar-refractivity contribution >= 4 is 11.7 Å². The van der Waals surface area contributed by atoms with Crippen LogP contribution in [0.15, 0.2) is 34.9 Å². The summed E-state index contributed by atoms with van der Waals surface area (Å²) in [6.45, 7) is 3.00. The Balaban J connectivity index is 2.14. The van der Waals surface area contributed by atoms with E-state index in [2.05, 4.69) is 5.16 Å². The molecule has 2 aromatic rings. The Morgan fingerprint density at radius 3 is 2.63 bits per heavy atom. The number of nitrogens with zero attached hydrogens (tertiary/aromatic N) is 2. The highest BCUT2D eigenvalue weighted by Crippen LogP contribution is 2.18. The van der Waals surface area contributed by atoms with Gasteiger partial charge in [0, 0.05) is 18.3 Å².